The number of hydrogen-bond acceptors (Lipinski definition) is 7. The molecule has 2 aromatic carbocycles. The third-order valence-electron chi connectivity index (χ3n) is 4.80. The highest BCUT2D eigenvalue weighted by Gasteiger charge is 2.14. The predicted octanol–water partition coefficient (Wildman–Crippen LogP) is 3.34. The first kappa shape index (κ1) is 24.1. The molecule has 2 aromatic heterocycles. The molecular formula is C22H21ClN6O3S2. The Bertz CT molecular complexity index is 1430. The molecule has 12 heteroatoms. The largest absolute Gasteiger partial charge is 0.325 e. The lowest BCUT2D eigenvalue weighted by Crippen LogP contribution is -2.26. The second kappa shape index (κ2) is 10.5. The highest BCUT2D eigenvalue weighted by Crippen LogP contribution is 2.21. The van der Waals surface area contributed by atoms with E-state index in [2.05, 4.69) is 25.3 Å². The molecule has 0 atom stereocenters. The minimum atomic E-state index is -3.61. The van der Waals surface area contributed by atoms with Gasteiger partial charge in [0.15, 0.2) is 11.5 Å². The number of carbonyl (C=O) groups excluding carboxylic acids is 1. The highest BCUT2D eigenvalue weighted by atomic mass is 35.5. The van der Waals surface area contributed by atoms with E-state index >= 15 is 0 Å². The molecule has 0 unspecified atom stereocenters. The molecule has 1 amide bonds. The summed E-state index contributed by atoms with van der Waals surface area (Å²) in [4.78, 5) is 12.5. The van der Waals surface area contributed by atoms with Crippen LogP contribution in [0.15, 0.2) is 70.6 Å². The Morgan fingerprint density at radius 2 is 1.88 bits per heavy atom. The molecule has 2 N–H and O–H groups in total. The Morgan fingerprint density at radius 3 is 2.65 bits per heavy atom. The van der Waals surface area contributed by atoms with E-state index in [0.29, 0.717) is 33.6 Å². The Labute approximate surface area is 206 Å². The Hall–Kier alpha value is -2.99. The van der Waals surface area contributed by atoms with E-state index in [4.69, 9.17) is 11.6 Å². The average Bonchev–Trinajstić information content (AvgIpc) is 3.23. The van der Waals surface area contributed by atoms with Crippen molar-refractivity contribution in [2.45, 2.75) is 23.3 Å². The van der Waals surface area contributed by atoms with E-state index in [-0.39, 0.29) is 23.1 Å². The van der Waals surface area contributed by atoms with E-state index in [1.165, 1.54) is 23.9 Å². The monoisotopic (exact) mass is 516 g/mol. The summed E-state index contributed by atoms with van der Waals surface area (Å²) in [6.07, 6.45) is 0.295. The Kier molecular flexibility index (Phi) is 7.47. The van der Waals surface area contributed by atoms with Crippen molar-refractivity contribution < 1.29 is 13.2 Å². The number of thioether (sulfide) groups is 1. The molecule has 0 saturated carbocycles. The van der Waals surface area contributed by atoms with Crippen molar-refractivity contribution in [2.24, 2.45) is 0 Å². The van der Waals surface area contributed by atoms with Gasteiger partial charge in [-0.25, -0.2) is 13.1 Å². The molecule has 2 heterocycles. The number of anilines is 1. The zero-order valence-electron chi connectivity index (χ0n) is 18.1. The summed E-state index contributed by atoms with van der Waals surface area (Å²) in [6.45, 7) is 2.03. The van der Waals surface area contributed by atoms with Crippen LogP contribution in [0.2, 0.25) is 5.02 Å². The predicted molar refractivity (Wildman–Crippen MR) is 132 cm³/mol. The van der Waals surface area contributed by atoms with Gasteiger partial charge >= 0.3 is 0 Å². The van der Waals surface area contributed by atoms with Gasteiger partial charge in [0, 0.05) is 23.7 Å². The first-order chi connectivity index (χ1) is 16.3. The van der Waals surface area contributed by atoms with Gasteiger partial charge in [-0.1, -0.05) is 47.6 Å². The van der Waals surface area contributed by atoms with Crippen LogP contribution in [0.25, 0.3) is 5.65 Å². The van der Waals surface area contributed by atoms with Gasteiger partial charge in [0.2, 0.25) is 15.9 Å². The molecule has 0 bridgehead atoms. The lowest BCUT2D eigenvalue weighted by molar-refractivity contribution is -0.113. The second-order valence-electron chi connectivity index (χ2n) is 7.32. The van der Waals surface area contributed by atoms with Crippen molar-refractivity contribution in [2.75, 3.05) is 17.6 Å². The second-order valence-corrected chi connectivity index (χ2v) is 10.5. The van der Waals surface area contributed by atoms with E-state index in [1.807, 2.05) is 13.0 Å². The van der Waals surface area contributed by atoms with E-state index in [1.54, 1.807) is 47.0 Å². The van der Waals surface area contributed by atoms with Crippen LogP contribution in [0.1, 0.15) is 11.4 Å². The lowest BCUT2D eigenvalue weighted by atomic mass is 10.2. The molecule has 34 heavy (non-hydrogen) atoms. The summed E-state index contributed by atoms with van der Waals surface area (Å²) in [7, 11) is -3.61. The summed E-state index contributed by atoms with van der Waals surface area (Å²) in [6, 6.07) is 17.0. The Morgan fingerprint density at radius 1 is 1.09 bits per heavy atom. The van der Waals surface area contributed by atoms with Crippen LogP contribution in [-0.2, 0) is 21.2 Å². The summed E-state index contributed by atoms with van der Waals surface area (Å²) < 4.78 is 28.9. The SMILES string of the molecule is Cc1ccc(NC(=O)CSc2ccc3nnc(CCNS(=O)(=O)c4ccccc4)n3n2)cc1Cl. The van der Waals surface area contributed by atoms with Gasteiger partial charge in [-0.05, 0) is 48.9 Å². The maximum atomic E-state index is 12.4. The lowest BCUT2D eigenvalue weighted by Gasteiger charge is -2.07. The first-order valence-corrected chi connectivity index (χ1v) is 13.1. The van der Waals surface area contributed by atoms with Crippen LogP contribution in [0.4, 0.5) is 5.69 Å². The number of aromatic nitrogens is 4. The van der Waals surface area contributed by atoms with Gasteiger partial charge in [0.05, 0.1) is 10.6 Å². The van der Waals surface area contributed by atoms with Crippen molar-refractivity contribution in [3.63, 3.8) is 0 Å². The highest BCUT2D eigenvalue weighted by molar-refractivity contribution is 7.99. The number of aryl methyl sites for hydroxylation is 1. The number of halogens is 1. The van der Waals surface area contributed by atoms with Gasteiger partial charge in [-0.3, -0.25) is 4.79 Å². The van der Waals surface area contributed by atoms with Crippen LogP contribution in [0.5, 0.6) is 0 Å². The molecule has 0 saturated heterocycles. The number of rotatable bonds is 9. The average molecular weight is 517 g/mol. The van der Waals surface area contributed by atoms with Crippen LogP contribution < -0.4 is 10.0 Å². The maximum Gasteiger partial charge on any atom is 0.240 e. The van der Waals surface area contributed by atoms with E-state index in [0.717, 1.165) is 5.56 Å². The fourth-order valence-electron chi connectivity index (χ4n) is 3.04. The van der Waals surface area contributed by atoms with Gasteiger partial charge < -0.3 is 5.32 Å². The maximum absolute atomic E-state index is 12.4. The van der Waals surface area contributed by atoms with Crippen LogP contribution >= 0.6 is 23.4 Å². The van der Waals surface area contributed by atoms with Gasteiger partial charge in [-0.2, -0.15) is 9.61 Å². The number of benzene rings is 2. The number of hydrogen-bond donors (Lipinski definition) is 2. The first-order valence-electron chi connectivity index (χ1n) is 10.3. The number of nitrogens with zero attached hydrogens (tertiary/aromatic N) is 4. The molecule has 0 aliphatic rings. The van der Waals surface area contributed by atoms with Crippen molar-refractivity contribution >= 4 is 50.6 Å². The molecule has 0 spiro atoms. The quantitative estimate of drug-likeness (QED) is 0.327. The summed E-state index contributed by atoms with van der Waals surface area (Å²) >= 11 is 7.37. The third kappa shape index (κ3) is 5.92. The number of nitrogens with one attached hydrogen (secondary N) is 2. The number of fused-ring (bicyclic) bond motifs is 1. The van der Waals surface area contributed by atoms with Crippen LogP contribution in [0, 0.1) is 6.92 Å². The zero-order valence-corrected chi connectivity index (χ0v) is 20.5. The third-order valence-corrected chi connectivity index (χ3v) is 7.61. The van der Waals surface area contributed by atoms with Crippen LogP contribution in [-0.4, -0.2) is 46.4 Å². The van der Waals surface area contributed by atoms with Crippen molar-refractivity contribution in [3.05, 3.63) is 77.1 Å². The minimum Gasteiger partial charge on any atom is -0.325 e. The fraction of sp³-hybridized carbons (Fsp3) is 0.182. The summed E-state index contributed by atoms with van der Waals surface area (Å²) in [5.74, 6) is 0.469. The van der Waals surface area contributed by atoms with Gasteiger partial charge in [0.25, 0.3) is 0 Å². The normalized spacial score (nSPS) is 11.6. The van der Waals surface area contributed by atoms with Crippen molar-refractivity contribution in [1.82, 2.24) is 24.5 Å². The number of amides is 1. The molecular weight excluding hydrogens is 496 g/mol. The molecule has 0 aliphatic heterocycles. The standard InChI is InChI=1S/C22H21ClN6O3S2/c1-15-7-8-16(13-18(15)23)25-21(30)14-33-22-10-9-19-26-27-20(29(19)28-22)11-12-24-34(31,32)17-5-3-2-4-6-17/h2-10,13,24H,11-12,14H2,1H3,(H,25,30). The smallest absolute Gasteiger partial charge is 0.240 e. The number of sulfonamides is 1. The molecule has 4 rings (SSSR count). The summed E-state index contributed by atoms with van der Waals surface area (Å²) in [5, 5.41) is 16.7. The molecule has 4 aromatic rings. The molecule has 176 valence electrons. The van der Waals surface area contributed by atoms with Crippen LogP contribution in [0.3, 0.4) is 0 Å². The molecule has 9 nitrogen and oxygen atoms in total. The van der Waals surface area contributed by atoms with Crippen molar-refractivity contribution in [3.8, 4) is 0 Å². The number of carbonyl (C=O) groups is 1. The molecule has 0 radical (unpaired) electrons. The zero-order chi connectivity index (χ0) is 24.1. The van der Waals surface area contributed by atoms with Gasteiger partial charge in [-0.15, -0.1) is 10.2 Å². The molecule has 0 fully saturated rings. The minimum absolute atomic E-state index is 0.137. The van der Waals surface area contributed by atoms with E-state index < -0.39 is 10.0 Å². The fourth-order valence-corrected chi connectivity index (χ4v) is 4.92. The van der Waals surface area contributed by atoms with Crippen molar-refractivity contribution in [1.29, 1.82) is 0 Å². The molecule has 0 aliphatic carbocycles. The topological polar surface area (TPSA) is 118 Å². The Balaban J connectivity index is 1.36. The van der Waals surface area contributed by atoms with E-state index in [9.17, 15) is 13.2 Å². The van der Waals surface area contributed by atoms with Gasteiger partial charge in [0.1, 0.15) is 5.03 Å². The summed E-state index contributed by atoms with van der Waals surface area (Å²) in [5.41, 5.74) is 2.09.